The maximum Gasteiger partial charge on any atom is 0.291 e. The zero-order valence-corrected chi connectivity index (χ0v) is 22.2. The fraction of sp³-hybridized carbons (Fsp3) is 0.591. The van der Waals surface area contributed by atoms with Crippen LogP contribution in [0.1, 0.15) is 31.7 Å². The highest BCUT2D eigenvalue weighted by Crippen LogP contribution is 2.35. The van der Waals surface area contributed by atoms with Gasteiger partial charge < -0.3 is 19.1 Å². The molecule has 2 saturated heterocycles. The highest BCUT2D eigenvalue weighted by atomic mass is 32.2. The Labute approximate surface area is 216 Å². The zero-order chi connectivity index (χ0) is 26.4. The molecule has 2 fully saturated rings. The Morgan fingerprint density at radius 2 is 2.14 bits per heavy atom. The van der Waals surface area contributed by atoms with Gasteiger partial charge in [0.25, 0.3) is 6.43 Å². The number of alkyl halides is 2. The number of methoxy groups -OCH3 is 1. The maximum atomic E-state index is 13.5. The summed E-state index contributed by atoms with van der Waals surface area (Å²) in [5, 5.41) is 7.18. The van der Waals surface area contributed by atoms with Gasteiger partial charge in [-0.15, -0.1) is 10.2 Å². The second-order valence-corrected chi connectivity index (χ2v) is 12.1. The van der Waals surface area contributed by atoms with Crippen molar-refractivity contribution in [1.29, 1.82) is 0 Å². The standard InChI is InChI=1S/C22H28F2N6O5S2/c1-4-13-9-35-14(10-33-3)7-29(13)16-5-15(37(31,32)28-22(2)11-34-12-22)8-30-17(16)6-25-19(30)21-27-26-20(36-21)18(23)24/h5-6,8,13-14,18,28H,4,7,9-12H2,1-3H3/t13-,14+/m0/s1. The Morgan fingerprint density at radius 1 is 1.35 bits per heavy atom. The van der Waals surface area contributed by atoms with E-state index in [-0.39, 0.29) is 41.1 Å². The molecular weight excluding hydrogens is 530 g/mol. The third kappa shape index (κ3) is 5.07. The van der Waals surface area contributed by atoms with Crippen LogP contribution in [0.4, 0.5) is 14.5 Å². The molecule has 1 N–H and O–H groups in total. The van der Waals surface area contributed by atoms with E-state index in [2.05, 4.69) is 24.8 Å². The summed E-state index contributed by atoms with van der Waals surface area (Å²) in [6.45, 7) is 5.62. The van der Waals surface area contributed by atoms with Crippen LogP contribution in [-0.4, -0.2) is 85.8 Å². The largest absolute Gasteiger partial charge is 0.382 e. The lowest BCUT2D eigenvalue weighted by atomic mass is 10.0. The number of morpholine rings is 1. The van der Waals surface area contributed by atoms with Gasteiger partial charge in [-0.25, -0.2) is 26.9 Å². The molecule has 0 saturated carbocycles. The van der Waals surface area contributed by atoms with E-state index >= 15 is 0 Å². The average Bonchev–Trinajstić information content (AvgIpc) is 3.50. The minimum Gasteiger partial charge on any atom is -0.382 e. The molecule has 0 aliphatic carbocycles. The van der Waals surface area contributed by atoms with E-state index in [9.17, 15) is 17.2 Å². The Morgan fingerprint density at radius 3 is 2.76 bits per heavy atom. The third-order valence-corrected chi connectivity index (χ3v) is 8.98. The van der Waals surface area contributed by atoms with Crippen LogP contribution in [0.2, 0.25) is 0 Å². The van der Waals surface area contributed by atoms with Gasteiger partial charge in [0.2, 0.25) is 10.0 Å². The Kier molecular flexibility index (Phi) is 7.19. The molecule has 0 amide bonds. The molecule has 11 nitrogen and oxygen atoms in total. The van der Waals surface area contributed by atoms with Gasteiger partial charge in [0, 0.05) is 19.9 Å². The SMILES string of the molecule is CC[C@H]1CO[C@@H](COC)CN1c1cc(S(=O)(=O)NC2(C)COC2)cn2c(-c3nnc(C(F)F)s3)ncc12. The molecule has 2 aliphatic rings. The van der Waals surface area contributed by atoms with Gasteiger partial charge in [-0.05, 0) is 19.4 Å². The van der Waals surface area contributed by atoms with Crippen molar-refractivity contribution >= 4 is 32.6 Å². The summed E-state index contributed by atoms with van der Waals surface area (Å²) >= 11 is 0.716. The Hall–Kier alpha value is -2.30. The topological polar surface area (TPSA) is 120 Å². The number of rotatable bonds is 9. The van der Waals surface area contributed by atoms with Crippen LogP contribution in [0.15, 0.2) is 23.4 Å². The average molecular weight is 559 g/mol. The number of hydrogen-bond acceptors (Lipinski definition) is 10. The van der Waals surface area contributed by atoms with Crippen molar-refractivity contribution in [2.75, 3.05) is 45.0 Å². The van der Waals surface area contributed by atoms with Crippen LogP contribution in [-0.2, 0) is 24.2 Å². The fourth-order valence-corrected chi connectivity index (χ4v) is 6.62. The third-order valence-electron chi connectivity index (χ3n) is 6.44. The first-order valence-electron chi connectivity index (χ1n) is 11.8. The van der Waals surface area contributed by atoms with Crippen LogP contribution >= 0.6 is 11.3 Å². The van der Waals surface area contributed by atoms with Gasteiger partial charge in [-0.2, -0.15) is 0 Å². The molecule has 5 rings (SSSR count). The van der Waals surface area contributed by atoms with Gasteiger partial charge in [0.15, 0.2) is 15.8 Å². The van der Waals surface area contributed by atoms with Gasteiger partial charge in [0.05, 0.1) is 61.5 Å². The lowest BCUT2D eigenvalue weighted by Crippen LogP contribution is -2.59. The number of sulfonamides is 1. The molecule has 202 valence electrons. The van der Waals surface area contributed by atoms with Gasteiger partial charge in [-0.1, -0.05) is 18.3 Å². The smallest absolute Gasteiger partial charge is 0.291 e. The summed E-state index contributed by atoms with van der Waals surface area (Å²) in [6, 6.07) is 1.60. The van der Waals surface area contributed by atoms with E-state index in [1.54, 1.807) is 30.7 Å². The van der Waals surface area contributed by atoms with E-state index in [1.807, 2.05) is 6.92 Å². The first-order chi connectivity index (χ1) is 17.6. The van der Waals surface area contributed by atoms with E-state index in [4.69, 9.17) is 14.2 Å². The van der Waals surface area contributed by atoms with Crippen LogP contribution in [0, 0.1) is 0 Å². The fourth-order valence-electron chi connectivity index (χ4n) is 4.53. The number of halogens is 2. The maximum absolute atomic E-state index is 13.5. The van der Waals surface area contributed by atoms with Crippen molar-refractivity contribution in [3.8, 4) is 10.8 Å². The van der Waals surface area contributed by atoms with E-state index in [0.717, 1.165) is 6.42 Å². The normalized spacial score (nSPS) is 22.1. The molecule has 0 radical (unpaired) electrons. The second-order valence-electron chi connectivity index (χ2n) is 9.43. The van der Waals surface area contributed by atoms with Gasteiger partial charge in [0.1, 0.15) is 4.90 Å². The lowest BCUT2D eigenvalue weighted by Gasteiger charge is -2.41. The molecule has 2 atom stereocenters. The molecular formula is C22H28F2N6O5S2. The molecule has 0 aromatic carbocycles. The van der Waals surface area contributed by atoms with Crippen molar-refractivity contribution in [2.45, 2.75) is 49.3 Å². The van der Waals surface area contributed by atoms with E-state index in [0.29, 0.717) is 42.3 Å². The van der Waals surface area contributed by atoms with Gasteiger partial charge in [-0.3, -0.25) is 4.40 Å². The highest BCUT2D eigenvalue weighted by molar-refractivity contribution is 7.89. The number of pyridine rings is 1. The first-order valence-corrected chi connectivity index (χ1v) is 14.1. The summed E-state index contributed by atoms with van der Waals surface area (Å²) in [4.78, 5) is 6.54. The molecule has 15 heteroatoms. The minimum atomic E-state index is -3.98. The summed E-state index contributed by atoms with van der Waals surface area (Å²) in [5.41, 5.74) is 0.523. The molecule has 3 aromatic heterocycles. The molecule has 2 aliphatic heterocycles. The Bertz CT molecular complexity index is 1380. The molecule has 0 bridgehead atoms. The summed E-state index contributed by atoms with van der Waals surface area (Å²) < 4.78 is 74.2. The van der Waals surface area contributed by atoms with Crippen molar-refractivity contribution < 1.29 is 31.4 Å². The number of nitrogens with one attached hydrogen (secondary N) is 1. The molecule has 5 heterocycles. The Balaban J connectivity index is 1.66. The quantitative estimate of drug-likeness (QED) is 0.422. The number of nitrogens with zero attached hydrogens (tertiary/aromatic N) is 5. The molecule has 0 unspecified atom stereocenters. The molecule has 37 heavy (non-hydrogen) atoms. The predicted octanol–water partition coefficient (Wildman–Crippen LogP) is 2.49. The van der Waals surface area contributed by atoms with Crippen LogP contribution in [0.3, 0.4) is 0 Å². The van der Waals surface area contributed by atoms with E-state index < -0.39 is 27.0 Å². The molecule has 3 aromatic rings. The predicted molar refractivity (Wildman–Crippen MR) is 132 cm³/mol. The van der Waals surface area contributed by atoms with Crippen molar-refractivity contribution in [3.63, 3.8) is 0 Å². The number of anilines is 1. The van der Waals surface area contributed by atoms with Crippen LogP contribution in [0.5, 0.6) is 0 Å². The lowest BCUT2D eigenvalue weighted by molar-refractivity contribution is -0.0523. The number of hydrogen-bond donors (Lipinski definition) is 1. The second kappa shape index (κ2) is 10.1. The van der Waals surface area contributed by atoms with Crippen molar-refractivity contribution in [3.05, 3.63) is 23.5 Å². The zero-order valence-electron chi connectivity index (χ0n) is 20.6. The number of imidazole rings is 1. The van der Waals surface area contributed by atoms with E-state index in [1.165, 1.54) is 6.20 Å². The van der Waals surface area contributed by atoms with Crippen molar-refractivity contribution in [2.24, 2.45) is 0 Å². The first kappa shape index (κ1) is 26.3. The van der Waals surface area contributed by atoms with Gasteiger partial charge >= 0.3 is 0 Å². The van der Waals surface area contributed by atoms with Crippen LogP contribution < -0.4 is 9.62 Å². The number of aromatic nitrogens is 4. The summed E-state index contributed by atoms with van der Waals surface area (Å²) in [7, 11) is -2.38. The monoisotopic (exact) mass is 558 g/mol. The number of fused-ring (bicyclic) bond motifs is 1. The summed E-state index contributed by atoms with van der Waals surface area (Å²) in [6.07, 6.45) is 0.800. The summed E-state index contributed by atoms with van der Waals surface area (Å²) in [5.74, 6) is 0.227. The minimum absolute atomic E-state index is 0.00519. The highest BCUT2D eigenvalue weighted by Gasteiger charge is 2.39. The number of ether oxygens (including phenoxy) is 3. The molecule has 0 spiro atoms. The van der Waals surface area contributed by atoms with Crippen LogP contribution in [0.25, 0.3) is 16.3 Å². The van der Waals surface area contributed by atoms with Crippen molar-refractivity contribution in [1.82, 2.24) is 24.3 Å².